The lowest BCUT2D eigenvalue weighted by Crippen LogP contribution is -2.42. The molecule has 2 atom stereocenters. The van der Waals surface area contributed by atoms with Crippen LogP contribution in [-0.4, -0.2) is 12.8 Å². The van der Waals surface area contributed by atoms with Gasteiger partial charge >= 0.3 is 0 Å². The summed E-state index contributed by atoms with van der Waals surface area (Å²) in [5.74, 6) is 3.32. The van der Waals surface area contributed by atoms with Gasteiger partial charge in [-0.1, -0.05) is 32.4 Å². The van der Waals surface area contributed by atoms with Crippen molar-refractivity contribution in [3.8, 4) is 11.5 Å². The summed E-state index contributed by atoms with van der Waals surface area (Å²) in [5.41, 5.74) is 1.21. The summed E-state index contributed by atoms with van der Waals surface area (Å²) in [7, 11) is 0. The molecule has 1 aromatic carbocycles. The van der Waals surface area contributed by atoms with Gasteiger partial charge in [-0.15, -0.1) is 0 Å². The molecule has 1 saturated carbocycles. The number of rotatable bonds is 3. The zero-order chi connectivity index (χ0) is 13.2. The maximum atomic E-state index is 5.56. The van der Waals surface area contributed by atoms with E-state index in [0.29, 0.717) is 12.8 Å². The first-order valence-electron chi connectivity index (χ1n) is 7.36. The van der Waals surface area contributed by atoms with Gasteiger partial charge in [-0.05, 0) is 30.7 Å². The number of hydrogen-bond donors (Lipinski definition) is 1. The van der Waals surface area contributed by atoms with Gasteiger partial charge in [0.2, 0.25) is 6.79 Å². The summed E-state index contributed by atoms with van der Waals surface area (Å²) >= 11 is 0. The summed E-state index contributed by atoms with van der Waals surface area (Å²) in [4.78, 5) is 0. The van der Waals surface area contributed by atoms with Gasteiger partial charge in [-0.2, -0.15) is 0 Å². The number of benzene rings is 1. The lowest BCUT2D eigenvalue weighted by molar-refractivity contribution is 0.172. The molecule has 19 heavy (non-hydrogen) atoms. The van der Waals surface area contributed by atoms with Crippen molar-refractivity contribution in [2.75, 3.05) is 6.79 Å². The van der Waals surface area contributed by atoms with Crippen LogP contribution in [0.25, 0.3) is 0 Å². The van der Waals surface area contributed by atoms with E-state index in [1.165, 1.54) is 24.8 Å². The van der Waals surface area contributed by atoms with Crippen LogP contribution >= 0.6 is 0 Å². The van der Waals surface area contributed by atoms with Gasteiger partial charge in [-0.3, -0.25) is 0 Å². The van der Waals surface area contributed by atoms with Crippen molar-refractivity contribution in [2.45, 2.75) is 45.7 Å². The van der Waals surface area contributed by atoms with Crippen molar-refractivity contribution in [1.29, 1.82) is 0 Å². The van der Waals surface area contributed by atoms with E-state index in [-0.39, 0.29) is 0 Å². The van der Waals surface area contributed by atoms with E-state index in [4.69, 9.17) is 9.47 Å². The van der Waals surface area contributed by atoms with E-state index in [2.05, 4.69) is 25.2 Å². The molecular formula is C16H23NO2. The molecule has 1 fully saturated rings. The van der Waals surface area contributed by atoms with E-state index in [0.717, 1.165) is 29.9 Å². The number of para-hydroxylation sites is 1. The fourth-order valence-corrected chi connectivity index (χ4v) is 3.44. The highest BCUT2D eigenvalue weighted by Crippen LogP contribution is 2.36. The Bertz CT molecular complexity index is 436. The van der Waals surface area contributed by atoms with Crippen LogP contribution in [0.3, 0.4) is 0 Å². The summed E-state index contributed by atoms with van der Waals surface area (Å²) in [6.45, 7) is 5.94. The number of nitrogens with one attached hydrogen (secondary N) is 1. The highest BCUT2D eigenvalue weighted by atomic mass is 16.7. The largest absolute Gasteiger partial charge is 0.454 e. The topological polar surface area (TPSA) is 30.5 Å². The molecule has 0 bridgehead atoms. The van der Waals surface area contributed by atoms with Gasteiger partial charge in [0.25, 0.3) is 0 Å². The zero-order valence-electron chi connectivity index (χ0n) is 11.8. The first-order valence-corrected chi connectivity index (χ1v) is 7.36. The Balaban J connectivity index is 1.67. The van der Waals surface area contributed by atoms with Crippen LogP contribution in [0.1, 0.15) is 38.7 Å². The molecule has 3 nitrogen and oxygen atoms in total. The minimum atomic E-state index is 0.350. The number of hydrogen-bond acceptors (Lipinski definition) is 3. The Labute approximate surface area is 115 Å². The van der Waals surface area contributed by atoms with Crippen LogP contribution < -0.4 is 14.8 Å². The lowest BCUT2D eigenvalue weighted by Gasteiger charge is -2.35. The molecule has 1 aromatic rings. The molecule has 1 heterocycles. The van der Waals surface area contributed by atoms with Crippen molar-refractivity contribution in [2.24, 2.45) is 11.8 Å². The molecule has 1 aliphatic carbocycles. The molecule has 1 N–H and O–H groups in total. The van der Waals surface area contributed by atoms with Gasteiger partial charge < -0.3 is 14.8 Å². The second-order valence-corrected chi connectivity index (χ2v) is 5.94. The standard InChI is InChI=1S/C16H23NO2/c1-11-5-3-6-12(2)15(11)17-9-13-7-4-8-14-16(13)19-10-18-14/h4,7-8,11-12,15,17H,3,5-6,9-10H2,1-2H3. The predicted molar refractivity (Wildman–Crippen MR) is 75.4 cm³/mol. The molecule has 0 radical (unpaired) electrons. The lowest BCUT2D eigenvalue weighted by atomic mass is 9.78. The van der Waals surface area contributed by atoms with Gasteiger partial charge in [0, 0.05) is 18.2 Å². The van der Waals surface area contributed by atoms with E-state index < -0.39 is 0 Å². The maximum absolute atomic E-state index is 5.56. The molecular weight excluding hydrogens is 238 g/mol. The second kappa shape index (κ2) is 5.41. The van der Waals surface area contributed by atoms with Crippen LogP contribution in [0.5, 0.6) is 11.5 Å². The molecule has 2 unspecified atom stereocenters. The van der Waals surface area contributed by atoms with Crippen LogP contribution in [0, 0.1) is 11.8 Å². The van der Waals surface area contributed by atoms with Gasteiger partial charge in [-0.25, -0.2) is 0 Å². The maximum Gasteiger partial charge on any atom is 0.231 e. The van der Waals surface area contributed by atoms with Crippen molar-refractivity contribution < 1.29 is 9.47 Å². The van der Waals surface area contributed by atoms with Gasteiger partial charge in [0.1, 0.15) is 0 Å². The average Bonchev–Trinajstić information content (AvgIpc) is 2.87. The SMILES string of the molecule is CC1CCCC(C)C1NCc1cccc2c1OCO2. The molecule has 0 amide bonds. The number of fused-ring (bicyclic) bond motifs is 1. The van der Waals surface area contributed by atoms with Crippen molar-refractivity contribution in [1.82, 2.24) is 5.32 Å². The van der Waals surface area contributed by atoms with Crippen molar-refractivity contribution >= 4 is 0 Å². The highest BCUT2D eigenvalue weighted by Gasteiger charge is 2.27. The normalized spacial score (nSPS) is 29.5. The molecule has 3 rings (SSSR count). The molecule has 2 aliphatic rings. The van der Waals surface area contributed by atoms with E-state index in [1.807, 2.05) is 12.1 Å². The minimum Gasteiger partial charge on any atom is -0.454 e. The van der Waals surface area contributed by atoms with Crippen LogP contribution in [0.15, 0.2) is 18.2 Å². The highest BCUT2D eigenvalue weighted by molar-refractivity contribution is 5.48. The van der Waals surface area contributed by atoms with Gasteiger partial charge in [0.05, 0.1) is 0 Å². The molecule has 1 aliphatic heterocycles. The smallest absolute Gasteiger partial charge is 0.231 e. The summed E-state index contributed by atoms with van der Waals surface area (Å²) in [6, 6.07) is 6.75. The Hall–Kier alpha value is -1.22. The van der Waals surface area contributed by atoms with E-state index >= 15 is 0 Å². The Kier molecular flexibility index (Phi) is 3.65. The third-order valence-corrected chi connectivity index (χ3v) is 4.55. The molecule has 0 saturated heterocycles. The zero-order valence-corrected chi connectivity index (χ0v) is 11.8. The summed E-state index contributed by atoms with van der Waals surface area (Å²) in [6.07, 6.45) is 4.06. The van der Waals surface area contributed by atoms with Crippen molar-refractivity contribution in [3.63, 3.8) is 0 Å². The Morgan fingerprint density at radius 2 is 1.95 bits per heavy atom. The van der Waals surface area contributed by atoms with Crippen LogP contribution in [0.2, 0.25) is 0 Å². The first kappa shape index (κ1) is 12.8. The molecule has 0 aromatic heterocycles. The van der Waals surface area contributed by atoms with E-state index in [9.17, 15) is 0 Å². The molecule has 104 valence electrons. The second-order valence-electron chi connectivity index (χ2n) is 5.94. The Morgan fingerprint density at radius 3 is 2.74 bits per heavy atom. The third-order valence-electron chi connectivity index (χ3n) is 4.55. The van der Waals surface area contributed by atoms with Crippen LogP contribution in [0.4, 0.5) is 0 Å². The average molecular weight is 261 g/mol. The van der Waals surface area contributed by atoms with Gasteiger partial charge in [0.15, 0.2) is 11.5 Å². The minimum absolute atomic E-state index is 0.350. The summed E-state index contributed by atoms with van der Waals surface area (Å²) in [5, 5.41) is 3.73. The van der Waals surface area contributed by atoms with Crippen LogP contribution in [-0.2, 0) is 6.54 Å². The van der Waals surface area contributed by atoms with Crippen molar-refractivity contribution in [3.05, 3.63) is 23.8 Å². The summed E-state index contributed by atoms with van der Waals surface area (Å²) < 4.78 is 11.0. The van der Waals surface area contributed by atoms with E-state index in [1.54, 1.807) is 0 Å². The quantitative estimate of drug-likeness (QED) is 0.905. The predicted octanol–water partition coefficient (Wildman–Crippen LogP) is 3.33. The first-order chi connectivity index (χ1) is 9.25. The number of ether oxygens (including phenoxy) is 2. The molecule has 3 heteroatoms. The fraction of sp³-hybridized carbons (Fsp3) is 0.625. The Morgan fingerprint density at radius 1 is 1.16 bits per heavy atom. The monoisotopic (exact) mass is 261 g/mol. The fourth-order valence-electron chi connectivity index (χ4n) is 3.44. The molecule has 0 spiro atoms. The third kappa shape index (κ3) is 2.57.